The normalized spacial score (nSPS) is 33.4. The third-order valence-electron chi connectivity index (χ3n) is 4.72. The van der Waals surface area contributed by atoms with E-state index in [2.05, 4.69) is 5.10 Å². The zero-order valence-electron chi connectivity index (χ0n) is 12.8. The number of morpholine rings is 1. The summed E-state index contributed by atoms with van der Waals surface area (Å²) in [4.78, 5) is 14.6. The van der Waals surface area contributed by atoms with E-state index in [1.165, 1.54) is 0 Å². The van der Waals surface area contributed by atoms with Crippen LogP contribution in [0.1, 0.15) is 31.7 Å². The van der Waals surface area contributed by atoms with Gasteiger partial charge in [0.25, 0.3) is 0 Å². The molecule has 1 aromatic rings. The summed E-state index contributed by atoms with van der Waals surface area (Å²) in [5.74, 6) is 0.331. The summed E-state index contributed by atoms with van der Waals surface area (Å²) in [5, 5.41) is 4.21. The van der Waals surface area contributed by atoms with Gasteiger partial charge in [-0.25, -0.2) is 0 Å². The third-order valence-corrected chi connectivity index (χ3v) is 4.72. The van der Waals surface area contributed by atoms with Crippen LogP contribution in [-0.4, -0.2) is 46.3 Å². The highest BCUT2D eigenvalue weighted by Gasteiger charge is 2.39. The van der Waals surface area contributed by atoms with E-state index in [4.69, 9.17) is 10.5 Å². The van der Waals surface area contributed by atoms with Crippen LogP contribution in [0.4, 0.5) is 0 Å². The van der Waals surface area contributed by atoms with E-state index >= 15 is 0 Å². The Hall–Kier alpha value is -1.40. The Balaban J connectivity index is 1.72. The molecule has 116 valence electrons. The minimum atomic E-state index is -0.469. The molecule has 6 nitrogen and oxygen atoms in total. The lowest BCUT2D eigenvalue weighted by Gasteiger charge is -2.41. The molecule has 1 aliphatic heterocycles. The Morgan fingerprint density at radius 2 is 2.33 bits per heavy atom. The van der Waals surface area contributed by atoms with Crippen molar-refractivity contribution in [3.05, 3.63) is 18.0 Å². The number of aromatic nitrogens is 2. The molecule has 2 heterocycles. The molecule has 1 saturated carbocycles. The number of carbonyl (C=O) groups excluding carboxylic acids is 1. The summed E-state index contributed by atoms with van der Waals surface area (Å²) < 4.78 is 7.72. The molecule has 0 spiro atoms. The predicted octanol–water partition coefficient (Wildman–Crippen LogP) is 0.622. The zero-order chi connectivity index (χ0) is 15.0. The third kappa shape index (κ3) is 2.82. The van der Waals surface area contributed by atoms with Crippen molar-refractivity contribution in [2.45, 2.75) is 37.8 Å². The van der Waals surface area contributed by atoms with Gasteiger partial charge in [0.2, 0.25) is 5.91 Å². The molecule has 21 heavy (non-hydrogen) atoms. The molecule has 1 amide bonds. The summed E-state index contributed by atoms with van der Waals surface area (Å²) >= 11 is 0. The van der Waals surface area contributed by atoms with Gasteiger partial charge in [-0.15, -0.1) is 0 Å². The fourth-order valence-electron chi connectivity index (χ4n) is 3.43. The molecule has 3 rings (SSSR count). The van der Waals surface area contributed by atoms with E-state index < -0.39 is 5.60 Å². The zero-order valence-corrected chi connectivity index (χ0v) is 12.8. The lowest BCUT2D eigenvalue weighted by atomic mass is 9.95. The molecule has 3 atom stereocenters. The summed E-state index contributed by atoms with van der Waals surface area (Å²) in [6.07, 6.45) is 6.47. The first-order valence-electron chi connectivity index (χ1n) is 7.65. The van der Waals surface area contributed by atoms with Gasteiger partial charge in [-0.2, -0.15) is 5.10 Å². The lowest BCUT2D eigenvalue weighted by molar-refractivity contribution is -0.153. The van der Waals surface area contributed by atoms with Crippen molar-refractivity contribution in [2.75, 3.05) is 19.7 Å². The summed E-state index contributed by atoms with van der Waals surface area (Å²) in [7, 11) is 1.89. The van der Waals surface area contributed by atoms with Crippen LogP contribution in [0.25, 0.3) is 0 Å². The van der Waals surface area contributed by atoms with Crippen molar-refractivity contribution in [3.63, 3.8) is 0 Å². The molecule has 1 aromatic heterocycles. The van der Waals surface area contributed by atoms with Crippen molar-refractivity contribution in [3.8, 4) is 0 Å². The van der Waals surface area contributed by atoms with Gasteiger partial charge in [0.1, 0.15) is 5.60 Å². The molecular weight excluding hydrogens is 268 g/mol. The molecule has 2 aliphatic rings. The number of amides is 1. The molecule has 1 aliphatic carbocycles. The number of carbonyl (C=O) groups is 1. The maximum Gasteiger partial charge on any atom is 0.225 e. The summed E-state index contributed by atoms with van der Waals surface area (Å²) in [5.41, 5.74) is 6.48. The van der Waals surface area contributed by atoms with Crippen molar-refractivity contribution in [1.82, 2.24) is 14.7 Å². The maximum atomic E-state index is 12.7. The van der Waals surface area contributed by atoms with Gasteiger partial charge in [0, 0.05) is 37.3 Å². The largest absolute Gasteiger partial charge is 0.367 e. The molecule has 0 radical (unpaired) electrons. The average Bonchev–Trinajstić information content (AvgIpc) is 3.07. The first-order chi connectivity index (χ1) is 9.98. The van der Waals surface area contributed by atoms with E-state index in [-0.39, 0.29) is 17.9 Å². The van der Waals surface area contributed by atoms with E-state index in [1.54, 1.807) is 4.68 Å². The SMILES string of the molecule is Cn1cc(C2(C)CN(C(=O)C3CCC(N)C3)CCO2)cn1. The molecule has 0 bridgehead atoms. The average molecular weight is 292 g/mol. The second-order valence-electron chi connectivity index (χ2n) is 6.51. The highest BCUT2D eigenvalue weighted by molar-refractivity contribution is 5.79. The molecule has 0 aromatic carbocycles. The standard InChI is InChI=1S/C15H24N4O2/c1-15(12-8-17-18(2)9-12)10-19(5-6-21-15)14(20)11-3-4-13(16)7-11/h8-9,11,13H,3-7,10,16H2,1-2H3. The van der Waals surface area contributed by atoms with Gasteiger partial charge in [-0.05, 0) is 26.2 Å². The van der Waals surface area contributed by atoms with Gasteiger partial charge in [0.15, 0.2) is 0 Å². The van der Waals surface area contributed by atoms with Crippen molar-refractivity contribution in [1.29, 1.82) is 0 Å². The number of aryl methyl sites for hydroxylation is 1. The minimum Gasteiger partial charge on any atom is -0.367 e. The van der Waals surface area contributed by atoms with Crippen molar-refractivity contribution in [2.24, 2.45) is 18.7 Å². The van der Waals surface area contributed by atoms with Crippen LogP contribution < -0.4 is 5.73 Å². The number of nitrogens with zero attached hydrogens (tertiary/aromatic N) is 3. The smallest absolute Gasteiger partial charge is 0.225 e. The Kier molecular flexibility index (Phi) is 3.75. The fraction of sp³-hybridized carbons (Fsp3) is 0.733. The molecule has 6 heteroatoms. The summed E-state index contributed by atoms with van der Waals surface area (Å²) in [6.45, 7) is 3.85. The van der Waals surface area contributed by atoms with Gasteiger partial charge < -0.3 is 15.4 Å². The predicted molar refractivity (Wildman–Crippen MR) is 78.4 cm³/mol. The number of hydrogen-bond donors (Lipinski definition) is 1. The second kappa shape index (κ2) is 5.42. The number of rotatable bonds is 2. The van der Waals surface area contributed by atoms with Gasteiger partial charge >= 0.3 is 0 Å². The van der Waals surface area contributed by atoms with Crippen LogP contribution in [0, 0.1) is 5.92 Å². The van der Waals surface area contributed by atoms with Crippen LogP contribution in [0.2, 0.25) is 0 Å². The van der Waals surface area contributed by atoms with Crippen LogP contribution in [-0.2, 0) is 22.2 Å². The Bertz CT molecular complexity index is 529. The molecule has 2 fully saturated rings. The van der Waals surface area contributed by atoms with E-state index in [0.29, 0.717) is 19.7 Å². The Morgan fingerprint density at radius 1 is 1.52 bits per heavy atom. The molecule has 3 unspecified atom stereocenters. The quantitative estimate of drug-likeness (QED) is 0.867. The van der Waals surface area contributed by atoms with Crippen molar-refractivity contribution >= 4 is 5.91 Å². The molecule has 1 saturated heterocycles. The summed E-state index contributed by atoms with van der Waals surface area (Å²) in [6, 6.07) is 0.185. The minimum absolute atomic E-state index is 0.0937. The number of hydrogen-bond acceptors (Lipinski definition) is 4. The van der Waals surface area contributed by atoms with Crippen molar-refractivity contribution < 1.29 is 9.53 Å². The van der Waals surface area contributed by atoms with Gasteiger partial charge in [-0.3, -0.25) is 9.48 Å². The van der Waals surface area contributed by atoms with Crippen LogP contribution >= 0.6 is 0 Å². The van der Waals surface area contributed by atoms with E-state index in [1.807, 2.05) is 31.3 Å². The highest BCUT2D eigenvalue weighted by Crippen LogP contribution is 2.32. The monoisotopic (exact) mass is 292 g/mol. The van der Waals surface area contributed by atoms with E-state index in [0.717, 1.165) is 24.8 Å². The van der Waals surface area contributed by atoms with Crippen LogP contribution in [0.15, 0.2) is 12.4 Å². The Labute approximate surface area is 125 Å². The molecule has 2 N–H and O–H groups in total. The highest BCUT2D eigenvalue weighted by atomic mass is 16.5. The van der Waals surface area contributed by atoms with Crippen LogP contribution in [0.5, 0.6) is 0 Å². The topological polar surface area (TPSA) is 73.4 Å². The maximum absolute atomic E-state index is 12.7. The lowest BCUT2D eigenvalue weighted by Crippen LogP contribution is -2.51. The van der Waals surface area contributed by atoms with Crippen LogP contribution in [0.3, 0.4) is 0 Å². The first-order valence-corrected chi connectivity index (χ1v) is 7.65. The van der Waals surface area contributed by atoms with Gasteiger partial charge in [0.05, 0.1) is 19.3 Å². The van der Waals surface area contributed by atoms with E-state index in [9.17, 15) is 4.79 Å². The number of nitrogens with two attached hydrogens (primary N) is 1. The Morgan fingerprint density at radius 3 is 2.95 bits per heavy atom. The molecular formula is C15H24N4O2. The first kappa shape index (κ1) is 14.5. The van der Waals surface area contributed by atoms with Gasteiger partial charge in [-0.1, -0.05) is 0 Å². The fourth-order valence-corrected chi connectivity index (χ4v) is 3.43. The second-order valence-corrected chi connectivity index (χ2v) is 6.51. The number of ether oxygens (including phenoxy) is 1.